The Kier molecular flexibility index (Phi) is 3.37. The molecule has 1 aliphatic heterocycles. The van der Waals surface area contributed by atoms with Crippen molar-refractivity contribution in [2.75, 3.05) is 30.8 Å². The van der Waals surface area contributed by atoms with E-state index in [0.717, 1.165) is 0 Å². The molecule has 7 heteroatoms. The van der Waals surface area contributed by atoms with Gasteiger partial charge in [0.2, 0.25) is 11.8 Å². The molecule has 0 unspecified atom stereocenters. The lowest BCUT2D eigenvalue weighted by Crippen LogP contribution is -2.51. The summed E-state index contributed by atoms with van der Waals surface area (Å²) in [5.41, 5.74) is 7.21. The number of benzene rings is 1. The quantitative estimate of drug-likeness (QED) is 0.473. The molecule has 0 atom stereocenters. The van der Waals surface area contributed by atoms with Crippen LogP contribution in [0, 0.1) is 0 Å². The summed E-state index contributed by atoms with van der Waals surface area (Å²) in [6.07, 6.45) is 0. The minimum atomic E-state index is -0.369. The molecule has 1 aliphatic rings. The van der Waals surface area contributed by atoms with Gasteiger partial charge in [-0.05, 0) is 18.2 Å². The van der Waals surface area contributed by atoms with Crippen molar-refractivity contribution < 1.29 is 14.4 Å². The summed E-state index contributed by atoms with van der Waals surface area (Å²) in [4.78, 5) is 35.7. The summed E-state index contributed by atoms with van der Waals surface area (Å²) in [6, 6.07) is 4.75. The summed E-state index contributed by atoms with van der Waals surface area (Å²) >= 11 is 0. The zero-order chi connectivity index (χ0) is 14.0. The van der Waals surface area contributed by atoms with Gasteiger partial charge in [-0.2, -0.15) is 0 Å². The second-order valence-corrected chi connectivity index (χ2v) is 4.18. The molecule has 1 heterocycles. The maximum absolute atomic E-state index is 11.5. The van der Waals surface area contributed by atoms with Gasteiger partial charge in [0.25, 0.3) is 5.91 Å². The van der Waals surface area contributed by atoms with E-state index in [1.54, 1.807) is 17.0 Å². The third-order valence-corrected chi connectivity index (χ3v) is 2.81. The Hall–Kier alpha value is -2.57. The van der Waals surface area contributed by atoms with E-state index in [-0.39, 0.29) is 30.8 Å². The Morgan fingerprint density at radius 2 is 1.95 bits per heavy atom. The molecule has 0 bridgehead atoms. The van der Waals surface area contributed by atoms with Crippen molar-refractivity contribution >= 4 is 29.1 Å². The van der Waals surface area contributed by atoms with E-state index in [1.165, 1.54) is 13.1 Å². The normalized spacial score (nSPS) is 15.1. The number of hydrogen-bond donors (Lipinski definition) is 3. The molecule has 100 valence electrons. The standard InChI is InChI=1S/C12H14N4O3/c1-14-12(19)7-2-3-9(8(13)4-7)16-5-10(17)15-11(18)6-16/h2-4H,5-6,13H2,1H3,(H,14,19)(H,15,17,18). The number of anilines is 2. The van der Waals surface area contributed by atoms with E-state index >= 15 is 0 Å². The van der Waals surface area contributed by atoms with Gasteiger partial charge in [-0.15, -0.1) is 0 Å². The van der Waals surface area contributed by atoms with Gasteiger partial charge in [0, 0.05) is 12.6 Å². The molecule has 1 aromatic carbocycles. The van der Waals surface area contributed by atoms with Gasteiger partial charge in [0.15, 0.2) is 0 Å². The number of carbonyl (C=O) groups is 3. The van der Waals surface area contributed by atoms with Crippen LogP contribution in [0.4, 0.5) is 11.4 Å². The van der Waals surface area contributed by atoms with Crippen molar-refractivity contribution in [1.82, 2.24) is 10.6 Å². The number of carbonyl (C=O) groups excluding carboxylic acids is 3. The third kappa shape index (κ3) is 2.65. The van der Waals surface area contributed by atoms with Gasteiger partial charge in [-0.1, -0.05) is 0 Å². The van der Waals surface area contributed by atoms with Gasteiger partial charge in [-0.25, -0.2) is 0 Å². The van der Waals surface area contributed by atoms with Crippen molar-refractivity contribution in [2.24, 2.45) is 0 Å². The molecule has 1 aromatic rings. The molecule has 0 spiro atoms. The number of rotatable bonds is 2. The minimum absolute atomic E-state index is 0.0647. The second-order valence-electron chi connectivity index (χ2n) is 4.18. The molecule has 0 saturated carbocycles. The maximum atomic E-state index is 11.5. The molecule has 0 radical (unpaired) electrons. The molecular formula is C12H14N4O3. The predicted octanol–water partition coefficient (Wildman–Crippen LogP) is -0.909. The highest BCUT2D eigenvalue weighted by molar-refractivity contribution is 6.03. The minimum Gasteiger partial charge on any atom is -0.397 e. The summed E-state index contributed by atoms with van der Waals surface area (Å²) in [5.74, 6) is -0.984. The average Bonchev–Trinajstić information content (AvgIpc) is 2.36. The van der Waals surface area contributed by atoms with E-state index < -0.39 is 0 Å². The number of nitrogens with zero attached hydrogens (tertiary/aromatic N) is 1. The number of imide groups is 1. The SMILES string of the molecule is CNC(=O)c1ccc(N2CC(=O)NC(=O)C2)c(N)c1. The van der Waals surface area contributed by atoms with Crippen molar-refractivity contribution in [3.63, 3.8) is 0 Å². The lowest BCUT2D eigenvalue weighted by molar-refractivity contribution is -0.130. The number of nitrogens with one attached hydrogen (secondary N) is 2. The first-order chi connectivity index (χ1) is 9.01. The first-order valence-corrected chi connectivity index (χ1v) is 5.70. The maximum Gasteiger partial charge on any atom is 0.251 e. The molecule has 0 aliphatic carbocycles. The van der Waals surface area contributed by atoms with Gasteiger partial charge in [0.05, 0.1) is 24.5 Å². The molecule has 19 heavy (non-hydrogen) atoms. The van der Waals surface area contributed by atoms with Crippen LogP contribution >= 0.6 is 0 Å². The predicted molar refractivity (Wildman–Crippen MR) is 69.6 cm³/mol. The molecular weight excluding hydrogens is 248 g/mol. The van der Waals surface area contributed by atoms with Crippen LogP contribution in [0.3, 0.4) is 0 Å². The summed E-state index contributed by atoms with van der Waals surface area (Å²) in [6.45, 7) is 0.129. The number of piperazine rings is 1. The largest absolute Gasteiger partial charge is 0.397 e. The van der Waals surface area contributed by atoms with Crippen molar-refractivity contribution in [1.29, 1.82) is 0 Å². The van der Waals surface area contributed by atoms with Crippen LogP contribution < -0.4 is 21.3 Å². The van der Waals surface area contributed by atoms with Crippen LogP contribution in [-0.2, 0) is 9.59 Å². The van der Waals surface area contributed by atoms with Crippen LogP contribution in [-0.4, -0.2) is 37.9 Å². The Balaban J connectivity index is 2.28. The van der Waals surface area contributed by atoms with E-state index in [2.05, 4.69) is 10.6 Å². The zero-order valence-corrected chi connectivity index (χ0v) is 10.4. The zero-order valence-electron chi connectivity index (χ0n) is 10.4. The Morgan fingerprint density at radius 3 is 2.47 bits per heavy atom. The average molecular weight is 262 g/mol. The highest BCUT2D eigenvalue weighted by Gasteiger charge is 2.24. The van der Waals surface area contributed by atoms with Crippen molar-refractivity contribution in [3.05, 3.63) is 23.8 Å². The Bertz CT molecular complexity index is 540. The number of hydrogen-bond acceptors (Lipinski definition) is 5. The fraction of sp³-hybridized carbons (Fsp3) is 0.250. The molecule has 1 fully saturated rings. The molecule has 1 saturated heterocycles. The van der Waals surface area contributed by atoms with E-state index in [0.29, 0.717) is 16.9 Å². The van der Waals surface area contributed by atoms with Gasteiger partial charge in [-0.3, -0.25) is 19.7 Å². The molecule has 0 aromatic heterocycles. The van der Waals surface area contributed by atoms with Crippen LogP contribution in [0.2, 0.25) is 0 Å². The van der Waals surface area contributed by atoms with Gasteiger partial charge >= 0.3 is 0 Å². The van der Waals surface area contributed by atoms with Crippen LogP contribution in [0.15, 0.2) is 18.2 Å². The van der Waals surface area contributed by atoms with Crippen LogP contribution in [0.25, 0.3) is 0 Å². The van der Waals surface area contributed by atoms with E-state index in [1.807, 2.05) is 0 Å². The Morgan fingerprint density at radius 1 is 1.32 bits per heavy atom. The van der Waals surface area contributed by atoms with Crippen molar-refractivity contribution in [2.45, 2.75) is 0 Å². The van der Waals surface area contributed by atoms with Crippen LogP contribution in [0.5, 0.6) is 0 Å². The molecule has 2 rings (SSSR count). The second kappa shape index (κ2) is 4.97. The summed E-state index contributed by atoms with van der Waals surface area (Å²) in [7, 11) is 1.53. The molecule has 4 N–H and O–H groups in total. The fourth-order valence-corrected chi connectivity index (χ4v) is 1.94. The lowest BCUT2D eigenvalue weighted by atomic mass is 10.1. The highest BCUT2D eigenvalue weighted by atomic mass is 16.2. The number of nitrogens with two attached hydrogens (primary N) is 1. The monoisotopic (exact) mass is 262 g/mol. The van der Waals surface area contributed by atoms with Crippen LogP contribution in [0.1, 0.15) is 10.4 Å². The Labute approximate surface area is 109 Å². The molecule has 3 amide bonds. The van der Waals surface area contributed by atoms with E-state index in [9.17, 15) is 14.4 Å². The van der Waals surface area contributed by atoms with Crippen molar-refractivity contribution in [3.8, 4) is 0 Å². The van der Waals surface area contributed by atoms with Gasteiger partial charge < -0.3 is 16.0 Å². The topological polar surface area (TPSA) is 105 Å². The fourth-order valence-electron chi connectivity index (χ4n) is 1.94. The number of amides is 3. The number of nitrogen functional groups attached to an aromatic ring is 1. The first kappa shape index (κ1) is 12.9. The summed E-state index contributed by atoms with van der Waals surface area (Å²) < 4.78 is 0. The lowest BCUT2D eigenvalue weighted by Gasteiger charge is -2.28. The van der Waals surface area contributed by atoms with E-state index in [4.69, 9.17) is 5.73 Å². The van der Waals surface area contributed by atoms with Gasteiger partial charge in [0.1, 0.15) is 0 Å². The first-order valence-electron chi connectivity index (χ1n) is 5.70. The molecule has 7 nitrogen and oxygen atoms in total. The summed E-state index contributed by atoms with van der Waals surface area (Å²) in [5, 5.41) is 4.71. The highest BCUT2D eigenvalue weighted by Crippen LogP contribution is 2.24. The smallest absolute Gasteiger partial charge is 0.251 e. The third-order valence-electron chi connectivity index (χ3n) is 2.81.